The number of hydrogen-bond acceptors (Lipinski definition) is 3. The lowest BCUT2D eigenvalue weighted by Crippen LogP contribution is -2.40. The number of benzene rings is 1. The van der Waals surface area contributed by atoms with Gasteiger partial charge in [-0.05, 0) is 24.3 Å². The molecule has 0 aliphatic heterocycles. The lowest BCUT2D eigenvalue weighted by atomic mass is 10.2. The Morgan fingerprint density at radius 2 is 1.80 bits per heavy atom. The zero-order chi connectivity index (χ0) is 11.3. The molecule has 15 heavy (non-hydrogen) atoms. The van der Waals surface area contributed by atoms with Gasteiger partial charge in [0.15, 0.2) is 0 Å². The van der Waals surface area contributed by atoms with Gasteiger partial charge < -0.3 is 15.5 Å². The van der Waals surface area contributed by atoms with E-state index in [1.807, 2.05) is 0 Å². The summed E-state index contributed by atoms with van der Waals surface area (Å²) < 4.78 is 0. The number of amides is 1. The van der Waals surface area contributed by atoms with Crippen LogP contribution >= 0.6 is 11.6 Å². The molecular weight excluding hydrogens is 218 g/mol. The van der Waals surface area contributed by atoms with Gasteiger partial charge in [-0.25, -0.2) is 0 Å². The van der Waals surface area contributed by atoms with Crippen LogP contribution in [0.2, 0.25) is 5.02 Å². The maximum atomic E-state index is 11.5. The van der Waals surface area contributed by atoms with Crippen molar-refractivity contribution in [2.75, 3.05) is 13.2 Å². The van der Waals surface area contributed by atoms with Gasteiger partial charge in [-0.2, -0.15) is 0 Å². The first-order valence-corrected chi connectivity index (χ1v) is 4.83. The van der Waals surface area contributed by atoms with Gasteiger partial charge in [0.2, 0.25) is 0 Å². The zero-order valence-electron chi connectivity index (χ0n) is 7.98. The summed E-state index contributed by atoms with van der Waals surface area (Å²) in [6, 6.07) is 5.72. The van der Waals surface area contributed by atoms with E-state index in [9.17, 15) is 4.79 Å². The molecule has 82 valence electrons. The highest BCUT2D eigenvalue weighted by Crippen LogP contribution is 2.09. The second-order valence-corrected chi connectivity index (χ2v) is 3.48. The van der Waals surface area contributed by atoms with Gasteiger partial charge in [-0.15, -0.1) is 0 Å². The van der Waals surface area contributed by atoms with Crippen LogP contribution in [0, 0.1) is 0 Å². The van der Waals surface area contributed by atoms with Crippen LogP contribution in [-0.4, -0.2) is 35.4 Å². The summed E-state index contributed by atoms with van der Waals surface area (Å²) in [7, 11) is 0. The van der Waals surface area contributed by atoms with Gasteiger partial charge in [0.1, 0.15) is 0 Å². The van der Waals surface area contributed by atoms with E-state index in [0.717, 1.165) is 0 Å². The normalized spacial score (nSPS) is 10.4. The molecule has 1 aromatic rings. The van der Waals surface area contributed by atoms with Crippen LogP contribution in [0.5, 0.6) is 0 Å². The average Bonchev–Trinajstić information content (AvgIpc) is 2.26. The SMILES string of the molecule is O=C(NC(CO)CO)c1ccc(Cl)cc1. The van der Waals surface area contributed by atoms with Gasteiger partial charge in [0.05, 0.1) is 19.3 Å². The Bertz CT molecular complexity index is 322. The van der Waals surface area contributed by atoms with E-state index in [-0.39, 0.29) is 19.1 Å². The van der Waals surface area contributed by atoms with Crippen molar-refractivity contribution in [1.82, 2.24) is 5.32 Å². The van der Waals surface area contributed by atoms with Crippen molar-refractivity contribution in [2.45, 2.75) is 6.04 Å². The molecule has 0 fully saturated rings. The van der Waals surface area contributed by atoms with Crippen LogP contribution in [0.25, 0.3) is 0 Å². The number of nitrogens with one attached hydrogen (secondary N) is 1. The molecule has 0 aliphatic rings. The third kappa shape index (κ3) is 3.51. The maximum absolute atomic E-state index is 11.5. The Balaban J connectivity index is 2.64. The summed E-state index contributed by atoms with van der Waals surface area (Å²) in [5.74, 6) is -0.347. The van der Waals surface area contributed by atoms with Crippen molar-refractivity contribution in [3.63, 3.8) is 0 Å². The number of aliphatic hydroxyl groups is 2. The molecule has 4 nitrogen and oxygen atoms in total. The number of hydrogen-bond donors (Lipinski definition) is 3. The minimum absolute atomic E-state index is 0.296. The third-order valence-corrected chi connectivity index (χ3v) is 2.13. The second kappa shape index (κ2) is 5.70. The van der Waals surface area contributed by atoms with Crippen LogP contribution in [0.15, 0.2) is 24.3 Å². The molecule has 0 radical (unpaired) electrons. The Morgan fingerprint density at radius 1 is 1.27 bits per heavy atom. The fraction of sp³-hybridized carbons (Fsp3) is 0.300. The Kier molecular flexibility index (Phi) is 4.55. The Hall–Kier alpha value is -1.10. The Morgan fingerprint density at radius 3 is 2.27 bits per heavy atom. The van der Waals surface area contributed by atoms with Crippen LogP contribution in [-0.2, 0) is 0 Å². The summed E-state index contributed by atoms with van der Waals surface area (Å²) in [5.41, 5.74) is 0.436. The quantitative estimate of drug-likeness (QED) is 0.701. The standard InChI is InChI=1S/C10H12ClNO3/c11-8-3-1-7(2-4-8)10(15)12-9(5-13)6-14/h1-4,9,13-14H,5-6H2,(H,12,15). The van der Waals surface area contributed by atoms with Gasteiger partial charge in [0, 0.05) is 10.6 Å². The van der Waals surface area contributed by atoms with Crippen LogP contribution < -0.4 is 5.32 Å². The summed E-state index contributed by atoms with van der Waals surface area (Å²) in [6.07, 6.45) is 0. The van der Waals surface area contributed by atoms with Crippen molar-refractivity contribution >= 4 is 17.5 Å². The highest BCUT2D eigenvalue weighted by Gasteiger charge is 2.11. The molecule has 0 saturated carbocycles. The molecule has 0 bridgehead atoms. The van der Waals surface area contributed by atoms with E-state index in [0.29, 0.717) is 10.6 Å². The highest BCUT2D eigenvalue weighted by molar-refractivity contribution is 6.30. The number of aliphatic hydroxyl groups excluding tert-OH is 2. The lowest BCUT2D eigenvalue weighted by molar-refractivity contribution is 0.0879. The predicted octanol–water partition coefficient (Wildman–Crippen LogP) is 0.423. The van der Waals surface area contributed by atoms with Crippen LogP contribution in [0.3, 0.4) is 0 Å². The first-order chi connectivity index (χ1) is 7.17. The molecule has 0 aliphatic carbocycles. The van der Waals surface area contributed by atoms with E-state index in [2.05, 4.69) is 5.32 Å². The number of carbonyl (C=O) groups is 1. The average molecular weight is 230 g/mol. The molecule has 0 heterocycles. The molecule has 0 unspecified atom stereocenters. The molecule has 0 aromatic heterocycles. The molecule has 1 amide bonds. The summed E-state index contributed by atoms with van der Waals surface area (Å²) in [6.45, 7) is -0.592. The monoisotopic (exact) mass is 229 g/mol. The second-order valence-electron chi connectivity index (χ2n) is 3.04. The van der Waals surface area contributed by atoms with Crippen molar-refractivity contribution < 1.29 is 15.0 Å². The smallest absolute Gasteiger partial charge is 0.251 e. The maximum Gasteiger partial charge on any atom is 0.251 e. The Labute approximate surface area is 92.5 Å². The topological polar surface area (TPSA) is 69.6 Å². The van der Waals surface area contributed by atoms with Gasteiger partial charge in [-0.1, -0.05) is 11.6 Å². The fourth-order valence-corrected chi connectivity index (χ4v) is 1.15. The van der Waals surface area contributed by atoms with Crippen molar-refractivity contribution in [1.29, 1.82) is 0 Å². The third-order valence-electron chi connectivity index (χ3n) is 1.88. The van der Waals surface area contributed by atoms with Crippen LogP contribution in [0.4, 0.5) is 0 Å². The molecule has 3 N–H and O–H groups in total. The van der Waals surface area contributed by atoms with Gasteiger partial charge >= 0.3 is 0 Å². The molecule has 0 saturated heterocycles. The molecule has 0 atom stereocenters. The molecule has 1 rings (SSSR count). The number of carbonyl (C=O) groups excluding carboxylic acids is 1. The summed E-state index contributed by atoms with van der Waals surface area (Å²) in [4.78, 5) is 11.5. The minimum atomic E-state index is -0.631. The molecular formula is C10H12ClNO3. The number of halogens is 1. The molecule has 0 spiro atoms. The fourth-order valence-electron chi connectivity index (χ4n) is 1.02. The highest BCUT2D eigenvalue weighted by atomic mass is 35.5. The first-order valence-electron chi connectivity index (χ1n) is 4.45. The zero-order valence-corrected chi connectivity index (χ0v) is 8.74. The van der Waals surface area contributed by atoms with Gasteiger partial charge in [-0.3, -0.25) is 4.79 Å². The van der Waals surface area contributed by atoms with E-state index in [1.165, 1.54) is 0 Å². The van der Waals surface area contributed by atoms with Crippen molar-refractivity contribution in [3.8, 4) is 0 Å². The largest absolute Gasteiger partial charge is 0.394 e. The lowest BCUT2D eigenvalue weighted by Gasteiger charge is -2.13. The van der Waals surface area contributed by atoms with Crippen molar-refractivity contribution in [2.24, 2.45) is 0 Å². The first kappa shape index (κ1) is 12.0. The molecule has 5 heteroatoms. The molecule has 1 aromatic carbocycles. The predicted molar refractivity (Wildman–Crippen MR) is 56.9 cm³/mol. The number of rotatable bonds is 4. The van der Waals surface area contributed by atoms with Crippen molar-refractivity contribution in [3.05, 3.63) is 34.9 Å². The summed E-state index contributed by atoms with van der Waals surface area (Å²) >= 11 is 5.66. The van der Waals surface area contributed by atoms with Crippen LogP contribution in [0.1, 0.15) is 10.4 Å². The van der Waals surface area contributed by atoms with Gasteiger partial charge in [0.25, 0.3) is 5.91 Å². The van der Waals surface area contributed by atoms with E-state index in [1.54, 1.807) is 24.3 Å². The van der Waals surface area contributed by atoms with E-state index < -0.39 is 6.04 Å². The minimum Gasteiger partial charge on any atom is -0.394 e. The summed E-state index contributed by atoms with van der Waals surface area (Å²) in [5, 5.41) is 20.6. The van der Waals surface area contributed by atoms with E-state index in [4.69, 9.17) is 21.8 Å². The van der Waals surface area contributed by atoms with E-state index >= 15 is 0 Å².